The van der Waals surface area contributed by atoms with Crippen LogP contribution < -0.4 is 15.4 Å². The number of aromatic nitrogens is 1. The molecule has 3 rings (SSSR count). The van der Waals surface area contributed by atoms with E-state index in [1.807, 2.05) is 36.4 Å². The van der Waals surface area contributed by atoms with Crippen LogP contribution in [0.25, 0.3) is 0 Å². The Balaban J connectivity index is 0.00000320. The summed E-state index contributed by atoms with van der Waals surface area (Å²) in [5.41, 5.74) is 2.05. The first-order chi connectivity index (χ1) is 14.3. The van der Waals surface area contributed by atoms with Crippen molar-refractivity contribution in [3.8, 4) is 5.75 Å². The molecule has 0 aliphatic carbocycles. The lowest BCUT2D eigenvalue weighted by Crippen LogP contribution is -2.38. The lowest BCUT2D eigenvalue weighted by molar-refractivity contribution is 0.0322. The normalized spacial score (nSPS) is 14.6. The van der Waals surface area contributed by atoms with Crippen LogP contribution in [-0.2, 0) is 17.8 Å². The van der Waals surface area contributed by atoms with Gasteiger partial charge in [0.15, 0.2) is 5.96 Å². The third kappa shape index (κ3) is 8.45. The summed E-state index contributed by atoms with van der Waals surface area (Å²) in [4.78, 5) is 11.4. The fraction of sp³-hybridized carbons (Fsp3) is 0.455. The first-order valence-corrected chi connectivity index (χ1v) is 10.3. The van der Waals surface area contributed by atoms with E-state index >= 15 is 0 Å². The standard InChI is InChI=1S/C22H31N5O2.HI/c1-2-23-22(26-18-20-8-5-6-10-24-20)25-17-19-7-3-4-9-21(19)29-16-13-27-11-14-28-15-12-27;/h3-10H,2,11-18H2,1H3,(H2,23,25,26);1H. The zero-order chi connectivity index (χ0) is 20.2. The number of morpholine rings is 1. The van der Waals surface area contributed by atoms with Gasteiger partial charge in [0.2, 0.25) is 0 Å². The van der Waals surface area contributed by atoms with Gasteiger partial charge in [-0.3, -0.25) is 9.88 Å². The molecule has 1 aromatic carbocycles. The van der Waals surface area contributed by atoms with Gasteiger partial charge in [-0.1, -0.05) is 24.3 Å². The summed E-state index contributed by atoms with van der Waals surface area (Å²) in [6.45, 7) is 9.18. The number of ether oxygens (including phenoxy) is 2. The van der Waals surface area contributed by atoms with Crippen molar-refractivity contribution < 1.29 is 9.47 Å². The topological polar surface area (TPSA) is 71.0 Å². The molecule has 0 unspecified atom stereocenters. The Hall–Kier alpha value is -1.91. The molecule has 30 heavy (non-hydrogen) atoms. The molecule has 1 aliphatic rings. The molecule has 1 aliphatic heterocycles. The Bertz CT molecular complexity index is 754. The predicted molar refractivity (Wildman–Crippen MR) is 131 cm³/mol. The van der Waals surface area contributed by atoms with Crippen LogP contribution in [0.2, 0.25) is 0 Å². The second-order valence-electron chi connectivity index (χ2n) is 6.78. The van der Waals surface area contributed by atoms with E-state index in [4.69, 9.17) is 14.5 Å². The van der Waals surface area contributed by atoms with Gasteiger partial charge in [0.1, 0.15) is 12.4 Å². The van der Waals surface area contributed by atoms with E-state index < -0.39 is 0 Å². The van der Waals surface area contributed by atoms with Crippen LogP contribution in [0.4, 0.5) is 0 Å². The Labute approximate surface area is 196 Å². The van der Waals surface area contributed by atoms with Gasteiger partial charge < -0.3 is 20.1 Å². The number of guanidine groups is 1. The predicted octanol–water partition coefficient (Wildman–Crippen LogP) is 2.67. The first kappa shape index (κ1) is 24.4. The molecule has 0 radical (unpaired) electrons. The fourth-order valence-electron chi connectivity index (χ4n) is 3.07. The Morgan fingerprint density at radius 3 is 2.70 bits per heavy atom. The van der Waals surface area contributed by atoms with Crippen LogP contribution in [0.1, 0.15) is 18.2 Å². The molecule has 8 heteroatoms. The van der Waals surface area contributed by atoms with Crippen LogP contribution in [0.3, 0.4) is 0 Å². The van der Waals surface area contributed by atoms with Crippen molar-refractivity contribution in [2.75, 3.05) is 46.0 Å². The maximum absolute atomic E-state index is 6.06. The summed E-state index contributed by atoms with van der Waals surface area (Å²) in [5, 5.41) is 6.61. The molecule has 0 atom stereocenters. The van der Waals surface area contributed by atoms with E-state index in [0.29, 0.717) is 19.7 Å². The van der Waals surface area contributed by atoms with Crippen LogP contribution in [0.15, 0.2) is 53.7 Å². The highest BCUT2D eigenvalue weighted by Gasteiger charge is 2.10. The van der Waals surface area contributed by atoms with Gasteiger partial charge in [-0.15, -0.1) is 24.0 Å². The number of rotatable bonds is 9. The quantitative estimate of drug-likeness (QED) is 0.298. The summed E-state index contributed by atoms with van der Waals surface area (Å²) in [6, 6.07) is 14.0. The fourth-order valence-corrected chi connectivity index (χ4v) is 3.07. The third-order valence-electron chi connectivity index (χ3n) is 4.66. The van der Waals surface area contributed by atoms with Crippen molar-refractivity contribution in [1.29, 1.82) is 0 Å². The molecule has 0 spiro atoms. The van der Waals surface area contributed by atoms with E-state index in [1.54, 1.807) is 6.20 Å². The molecule has 7 nitrogen and oxygen atoms in total. The Morgan fingerprint density at radius 2 is 1.93 bits per heavy atom. The molecule has 1 aromatic heterocycles. The number of benzene rings is 1. The highest BCUT2D eigenvalue weighted by atomic mass is 127. The van der Waals surface area contributed by atoms with Gasteiger partial charge in [0.25, 0.3) is 0 Å². The number of para-hydroxylation sites is 1. The maximum atomic E-state index is 6.06. The Morgan fingerprint density at radius 1 is 1.13 bits per heavy atom. The van der Waals surface area contributed by atoms with E-state index in [-0.39, 0.29) is 24.0 Å². The van der Waals surface area contributed by atoms with Crippen molar-refractivity contribution in [3.05, 3.63) is 59.9 Å². The zero-order valence-corrected chi connectivity index (χ0v) is 19.9. The van der Waals surface area contributed by atoms with Crippen molar-refractivity contribution in [2.24, 2.45) is 4.99 Å². The minimum Gasteiger partial charge on any atom is -0.492 e. The highest BCUT2D eigenvalue weighted by molar-refractivity contribution is 14.0. The summed E-state index contributed by atoms with van der Waals surface area (Å²) in [6.07, 6.45) is 1.80. The summed E-state index contributed by atoms with van der Waals surface area (Å²) in [5.74, 6) is 1.66. The number of nitrogens with one attached hydrogen (secondary N) is 2. The molecular formula is C22H32IN5O2. The van der Waals surface area contributed by atoms with Gasteiger partial charge in [-0.25, -0.2) is 4.99 Å². The van der Waals surface area contributed by atoms with Crippen molar-refractivity contribution in [3.63, 3.8) is 0 Å². The van der Waals surface area contributed by atoms with Gasteiger partial charge in [-0.2, -0.15) is 0 Å². The van der Waals surface area contributed by atoms with Gasteiger partial charge in [0, 0.05) is 37.9 Å². The minimum atomic E-state index is 0. The second-order valence-corrected chi connectivity index (χ2v) is 6.78. The second kappa shape index (κ2) is 14.2. The monoisotopic (exact) mass is 525 g/mol. The van der Waals surface area contributed by atoms with Crippen LogP contribution in [0, 0.1) is 0 Å². The average molecular weight is 525 g/mol. The van der Waals surface area contributed by atoms with Crippen LogP contribution in [0.5, 0.6) is 5.75 Å². The van der Waals surface area contributed by atoms with Crippen molar-refractivity contribution >= 4 is 29.9 Å². The molecular weight excluding hydrogens is 493 g/mol. The van der Waals surface area contributed by atoms with E-state index in [1.165, 1.54) is 0 Å². The van der Waals surface area contributed by atoms with Crippen LogP contribution >= 0.6 is 24.0 Å². The number of aliphatic imine (C=N–C) groups is 1. The zero-order valence-electron chi connectivity index (χ0n) is 17.5. The summed E-state index contributed by atoms with van der Waals surface area (Å²) in [7, 11) is 0. The summed E-state index contributed by atoms with van der Waals surface area (Å²) >= 11 is 0. The number of halogens is 1. The number of pyridine rings is 1. The van der Waals surface area contributed by atoms with Gasteiger partial charge in [0.05, 0.1) is 32.0 Å². The first-order valence-electron chi connectivity index (χ1n) is 10.3. The molecule has 2 aromatic rings. The maximum Gasteiger partial charge on any atom is 0.191 e. The number of hydrogen-bond donors (Lipinski definition) is 2. The van der Waals surface area contributed by atoms with Crippen molar-refractivity contribution in [2.45, 2.75) is 20.0 Å². The third-order valence-corrected chi connectivity index (χ3v) is 4.66. The number of hydrogen-bond acceptors (Lipinski definition) is 5. The van der Waals surface area contributed by atoms with E-state index in [0.717, 1.165) is 62.4 Å². The molecule has 0 saturated carbocycles. The molecule has 0 bridgehead atoms. The summed E-state index contributed by atoms with van der Waals surface area (Å²) < 4.78 is 11.5. The molecule has 1 saturated heterocycles. The molecule has 2 heterocycles. The minimum absolute atomic E-state index is 0. The lowest BCUT2D eigenvalue weighted by Gasteiger charge is -2.26. The van der Waals surface area contributed by atoms with Crippen LogP contribution in [-0.4, -0.2) is 61.8 Å². The molecule has 1 fully saturated rings. The van der Waals surface area contributed by atoms with Gasteiger partial charge in [-0.05, 0) is 25.1 Å². The van der Waals surface area contributed by atoms with E-state index in [9.17, 15) is 0 Å². The lowest BCUT2D eigenvalue weighted by atomic mass is 10.2. The Kier molecular flexibility index (Phi) is 11.5. The molecule has 2 N–H and O–H groups in total. The highest BCUT2D eigenvalue weighted by Crippen LogP contribution is 2.19. The smallest absolute Gasteiger partial charge is 0.191 e. The SMILES string of the molecule is CCNC(=NCc1ccccc1OCCN1CCOCC1)NCc1ccccn1.I. The molecule has 164 valence electrons. The van der Waals surface area contributed by atoms with Crippen molar-refractivity contribution in [1.82, 2.24) is 20.5 Å². The van der Waals surface area contributed by atoms with E-state index in [2.05, 4.69) is 33.5 Å². The van der Waals surface area contributed by atoms with Gasteiger partial charge >= 0.3 is 0 Å². The average Bonchev–Trinajstić information content (AvgIpc) is 2.78. The number of nitrogens with zero attached hydrogens (tertiary/aromatic N) is 3. The largest absolute Gasteiger partial charge is 0.492 e. The molecule has 0 amide bonds.